The number of carboxylic acids is 1. The topological polar surface area (TPSA) is 46.5 Å². The highest BCUT2D eigenvalue weighted by molar-refractivity contribution is 5.74. The number of unbranched alkanes of at least 4 members (excludes halogenated alkanes) is 1. The van der Waals surface area contributed by atoms with Gasteiger partial charge in [-0.3, -0.25) is 4.79 Å². The molecular weight excluding hydrogens is 204 g/mol. The van der Waals surface area contributed by atoms with Crippen molar-refractivity contribution in [3.63, 3.8) is 0 Å². The Balaban J connectivity index is 2.41. The summed E-state index contributed by atoms with van der Waals surface area (Å²) in [7, 11) is 0. The van der Waals surface area contributed by atoms with Gasteiger partial charge in [0.25, 0.3) is 0 Å². The molecule has 0 aromatic carbocycles. The van der Waals surface area contributed by atoms with E-state index in [0.717, 1.165) is 25.9 Å². The molecule has 0 radical (unpaired) electrons. The quantitative estimate of drug-likeness (QED) is 0.659. The van der Waals surface area contributed by atoms with Gasteiger partial charge in [-0.15, -0.1) is 0 Å². The molecule has 16 heavy (non-hydrogen) atoms. The van der Waals surface area contributed by atoms with E-state index in [4.69, 9.17) is 4.74 Å². The lowest BCUT2D eigenvalue weighted by atomic mass is 9.81. The number of carbonyl (C=O) groups is 1. The molecule has 0 bridgehead atoms. The van der Waals surface area contributed by atoms with E-state index in [-0.39, 0.29) is 0 Å². The molecule has 94 valence electrons. The molecule has 1 aliphatic carbocycles. The summed E-state index contributed by atoms with van der Waals surface area (Å²) in [6, 6.07) is 0. The van der Waals surface area contributed by atoms with Crippen molar-refractivity contribution < 1.29 is 14.6 Å². The maximum Gasteiger partial charge on any atom is 0.311 e. The zero-order chi connectivity index (χ0) is 12.0. The number of rotatable bonds is 9. The number of aliphatic carboxylic acids is 1. The lowest BCUT2D eigenvalue weighted by molar-refractivity contribution is -0.154. The molecule has 0 aromatic rings. The van der Waals surface area contributed by atoms with Crippen LogP contribution in [-0.2, 0) is 9.53 Å². The van der Waals surface area contributed by atoms with Gasteiger partial charge >= 0.3 is 5.97 Å². The fraction of sp³-hybridized carbons (Fsp3) is 0.923. The van der Waals surface area contributed by atoms with Crippen molar-refractivity contribution in [2.75, 3.05) is 13.2 Å². The van der Waals surface area contributed by atoms with Gasteiger partial charge in [-0.2, -0.15) is 0 Å². The molecular formula is C13H24O3. The Kier molecular flexibility index (Phi) is 5.26. The monoisotopic (exact) mass is 228 g/mol. The minimum Gasteiger partial charge on any atom is -0.481 e. The maximum atomic E-state index is 11.4. The highest BCUT2D eigenvalue weighted by Crippen LogP contribution is 2.32. The Morgan fingerprint density at radius 2 is 2.12 bits per heavy atom. The van der Waals surface area contributed by atoms with Crippen LogP contribution < -0.4 is 0 Å². The first kappa shape index (κ1) is 13.5. The molecule has 1 fully saturated rings. The van der Waals surface area contributed by atoms with E-state index >= 15 is 0 Å². The Morgan fingerprint density at radius 1 is 1.44 bits per heavy atom. The van der Waals surface area contributed by atoms with E-state index in [2.05, 4.69) is 6.92 Å². The highest BCUT2D eigenvalue weighted by atomic mass is 16.5. The van der Waals surface area contributed by atoms with E-state index in [1.165, 1.54) is 12.8 Å². The van der Waals surface area contributed by atoms with Crippen LogP contribution in [0, 0.1) is 11.3 Å². The zero-order valence-electron chi connectivity index (χ0n) is 10.5. The fourth-order valence-corrected chi connectivity index (χ4v) is 1.89. The average molecular weight is 228 g/mol. The van der Waals surface area contributed by atoms with Gasteiger partial charge in [-0.1, -0.05) is 26.7 Å². The number of hydrogen-bond donors (Lipinski definition) is 1. The average Bonchev–Trinajstić information content (AvgIpc) is 3.07. The van der Waals surface area contributed by atoms with Crippen molar-refractivity contribution in [3.8, 4) is 0 Å². The van der Waals surface area contributed by atoms with Crippen LogP contribution in [0.1, 0.15) is 52.4 Å². The van der Waals surface area contributed by atoms with E-state index in [9.17, 15) is 9.90 Å². The van der Waals surface area contributed by atoms with Crippen LogP contribution >= 0.6 is 0 Å². The largest absolute Gasteiger partial charge is 0.481 e. The van der Waals surface area contributed by atoms with Crippen LogP contribution in [0.25, 0.3) is 0 Å². The number of hydrogen-bond acceptors (Lipinski definition) is 2. The normalized spacial score (nSPS) is 19.4. The zero-order valence-corrected chi connectivity index (χ0v) is 10.5. The third kappa shape index (κ3) is 3.78. The molecule has 0 saturated heterocycles. The second kappa shape index (κ2) is 6.24. The van der Waals surface area contributed by atoms with Gasteiger partial charge in [-0.25, -0.2) is 0 Å². The minimum absolute atomic E-state index is 0.384. The molecule has 1 saturated carbocycles. The first-order chi connectivity index (χ1) is 7.64. The predicted octanol–water partition coefficient (Wildman–Crippen LogP) is 3.08. The Morgan fingerprint density at radius 3 is 2.56 bits per heavy atom. The van der Waals surface area contributed by atoms with Crippen LogP contribution in [0.3, 0.4) is 0 Å². The lowest BCUT2D eigenvalue weighted by Crippen LogP contribution is -2.35. The second-order valence-electron chi connectivity index (χ2n) is 5.00. The number of ether oxygens (including phenoxy) is 1. The van der Waals surface area contributed by atoms with Crippen LogP contribution in [0.15, 0.2) is 0 Å². The van der Waals surface area contributed by atoms with Crippen molar-refractivity contribution in [2.24, 2.45) is 11.3 Å². The van der Waals surface area contributed by atoms with Crippen molar-refractivity contribution in [3.05, 3.63) is 0 Å². The summed E-state index contributed by atoms with van der Waals surface area (Å²) in [5.74, 6) is 0.00812. The number of carboxylic acid groups (broad SMARTS) is 1. The SMILES string of the molecule is CCCCC(CC)(COCC1CC1)C(=O)O. The Hall–Kier alpha value is -0.570. The Labute approximate surface area is 98.2 Å². The van der Waals surface area contributed by atoms with Gasteiger partial charge in [0.1, 0.15) is 0 Å². The molecule has 1 aliphatic rings. The third-order valence-electron chi connectivity index (χ3n) is 3.57. The van der Waals surface area contributed by atoms with Gasteiger partial charge in [-0.05, 0) is 31.6 Å². The third-order valence-corrected chi connectivity index (χ3v) is 3.57. The van der Waals surface area contributed by atoms with Crippen LogP contribution in [0.5, 0.6) is 0 Å². The van der Waals surface area contributed by atoms with E-state index in [1.54, 1.807) is 0 Å². The molecule has 3 nitrogen and oxygen atoms in total. The minimum atomic E-state index is -0.695. The first-order valence-electron chi connectivity index (χ1n) is 6.45. The summed E-state index contributed by atoms with van der Waals surface area (Å²) >= 11 is 0. The molecule has 1 N–H and O–H groups in total. The standard InChI is InChI=1S/C13H24O3/c1-3-5-8-13(4-2,12(14)15)10-16-9-11-6-7-11/h11H,3-10H2,1-2H3,(H,14,15). The van der Waals surface area contributed by atoms with Gasteiger partial charge < -0.3 is 9.84 Å². The molecule has 0 aliphatic heterocycles. The van der Waals surface area contributed by atoms with E-state index in [0.29, 0.717) is 18.9 Å². The maximum absolute atomic E-state index is 11.4. The van der Waals surface area contributed by atoms with Crippen LogP contribution in [0.2, 0.25) is 0 Å². The second-order valence-corrected chi connectivity index (χ2v) is 5.00. The molecule has 0 heterocycles. The summed E-state index contributed by atoms with van der Waals surface area (Å²) in [6.07, 6.45) is 5.90. The first-order valence-corrected chi connectivity index (χ1v) is 6.45. The molecule has 1 unspecified atom stereocenters. The van der Waals surface area contributed by atoms with Crippen molar-refractivity contribution in [1.29, 1.82) is 0 Å². The smallest absolute Gasteiger partial charge is 0.311 e. The molecule has 0 amide bonds. The van der Waals surface area contributed by atoms with Crippen molar-refractivity contribution in [1.82, 2.24) is 0 Å². The van der Waals surface area contributed by atoms with Gasteiger partial charge in [0.2, 0.25) is 0 Å². The van der Waals surface area contributed by atoms with Gasteiger partial charge in [0, 0.05) is 6.61 Å². The summed E-state index contributed by atoms with van der Waals surface area (Å²) in [4.78, 5) is 11.4. The molecule has 3 heteroatoms. The summed E-state index contributed by atoms with van der Waals surface area (Å²) < 4.78 is 5.59. The van der Waals surface area contributed by atoms with Crippen molar-refractivity contribution in [2.45, 2.75) is 52.4 Å². The highest BCUT2D eigenvalue weighted by Gasteiger charge is 2.37. The van der Waals surface area contributed by atoms with E-state index < -0.39 is 11.4 Å². The van der Waals surface area contributed by atoms with Gasteiger partial charge in [0.15, 0.2) is 0 Å². The van der Waals surface area contributed by atoms with E-state index in [1.807, 2.05) is 6.92 Å². The summed E-state index contributed by atoms with van der Waals surface area (Å²) in [6.45, 7) is 5.17. The molecule has 1 rings (SSSR count). The van der Waals surface area contributed by atoms with Crippen LogP contribution in [0.4, 0.5) is 0 Å². The lowest BCUT2D eigenvalue weighted by Gasteiger charge is -2.27. The molecule has 0 aromatic heterocycles. The fourth-order valence-electron chi connectivity index (χ4n) is 1.89. The molecule has 1 atom stereocenters. The molecule has 0 spiro atoms. The van der Waals surface area contributed by atoms with Crippen LogP contribution in [-0.4, -0.2) is 24.3 Å². The van der Waals surface area contributed by atoms with Gasteiger partial charge in [0.05, 0.1) is 12.0 Å². The summed E-state index contributed by atoms with van der Waals surface area (Å²) in [5.41, 5.74) is -0.648. The predicted molar refractivity (Wildman–Crippen MR) is 63.4 cm³/mol. The summed E-state index contributed by atoms with van der Waals surface area (Å²) in [5, 5.41) is 9.35. The Bertz CT molecular complexity index is 223. The van der Waals surface area contributed by atoms with Crippen molar-refractivity contribution >= 4 is 5.97 Å².